The van der Waals surface area contributed by atoms with E-state index >= 15 is 0 Å². The van der Waals surface area contributed by atoms with Gasteiger partial charge in [-0.2, -0.15) is 0 Å². The van der Waals surface area contributed by atoms with Gasteiger partial charge in [0.05, 0.1) is 0 Å². The van der Waals surface area contributed by atoms with Crippen LogP contribution in [0.2, 0.25) is 0 Å². The molecule has 0 radical (unpaired) electrons. The Morgan fingerprint density at radius 2 is 0.488 bits per heavy atom. The predicted octanol–water partition coefficient (Wildman–Crippen LogP) is 7.40. The molecule has 0 aromatic rings. The molecule has 0 aromatic carbocycles. The first-order chi connectivity index (χ1) is 19.7. The van der Waals surface area contributed by atoms with Crippen molar-refractivity contribution in [2.45, 2.75) is 103 Å². The van der Waals surface area contributed by atoms with Crippen LogP contribution in [0, 0.1) is 0 Å². The molecule has 0 unspecified atom stereocenters. The molecule has 0 saturated heterocycles. The molecule has 16 nitrogen and oxygen atoms in total. The van der Waals surface area contributed by atoms with Gasteiger partial charge >= 0.3 is 0 Å². The van der Waals surface area contributed by atoms with Crippen LogP contribution in [-0.2, 0) is 21.7 Å². The topological polar surface area (TPSA) is 276 Å². The molecule has 0 rings (SSSR count). The Hall–Kier alpha value is -2.21. The molecular formula is C24H52N12O4Ti. The van der Waals surface area contributed by atoms with Crippen molar-refractivity contribution in [2.75, 3.05) is 52.6 Å². The molecule has 17 heteroatoms. The third kappa shape index (κ3) is 72.8. The SMILES string of the molecule is [N-]=[N+]=NCCCCCCO.[N-]=[N+]=NCCCCCCO.[N-]=[N+]=NCCCCCCO.[N-]=[N+]=NCCCCCCO.[Ti]. The zero-order valence-corrected chi connectivity index (χ0v) is 26.2. The van der Waals surface area contributed by atoms with Crippen molar-refractivity contribution >= 4 is 0 Å². The Labute approximate surface area is 259 Å². The second-order valence-corrected chi connectivity index (χ2v) is 8.37. The van der Waals surface area contributed by atoms with Gasteiger partial charge in [-0.1, -0.05) is 71.8 Å². The molecule has 0 aliphatic carbocycles. The minimum atomic E-state index is 0. The van der Waals surface area contributed by atoms with Crippen LogP contribution >= 0.6 is 0 Å². The van der Waals surface area contributed by atoms with Crippen LogP contribution in [-0.4, -0.2) is 73.0 Å². The maximum Gasteiger partial charge on any atom is 0.0431 e. The third-order valence-electron chi connectivity index (χ3n) is 4.92. The van der Waals surface area contributed by atoms with E-state index < -0.39 is 0 Å². The van der Waals surface area contributed by atoms with Crippen molar-refractivity contribution in [3.63, 3.8) is 0 Å². The van der Waals surface area contributed by atoms with Gasteiger partial charge in [-0.3, -0.25) is 0 Å². The summed E-state index contributed by atoms with van der Waals surface area (Å²) >= 11 is 0. The minimum absolute atomic E-state index is 0. The van der Waals surface area contributed by atoms with Crippen molar-refractivity contribution in [1.29, 1.82) is 0 Å². The van der Waals surface area contributed by atoms with Gasteiger partial charge < -0.3 is 20.4 Å². The molecule has 0 atom stereocenters. The van der Waals surface area contributed by atoms with E-state index in [1.807, 2.05) is 0 Å². The monoisotopic (exact) mass is 620 g/mol. The summed E-state index contributed by atoms with van der Waals surface area (Å²) in [7, 11) is 0. The van der Waals surface area contributed by atoms with E-state index in [-0.39, 0.29) is 48.1 Å². The molecule has 0 bridgehead atoms. The maximum absolute atomic E-state index is 8.39. The summed E-state index contributed by atoms with van der Waals surface area (Å²) in [5.41, 5.74) is 31.5. The van der Waals surface area contributed by atoms with Crippen LogP contribution in [0.25, 0.3) is 41.8 Å². The molecule has 41 heavy (non-hydrogen) atoms. The average Bonchev–Trinajstić information content (AvgIpc) is 2.97. The van der Waals surface area contributed by atoms with Crippen molar-refractivity contribution in [3.05, 3.63) is 41.8 Å². The number of nitrogens with zero attached hydrogens (tertiary/aromatic N) is 12. The van der Waals surface area contributed by atoms with Crippen LogP contribution < -0.4 is 0 Å². The van der Waals surface area contributed by atoms with Gasteiger partial charge in [0.25, 0.3) is 0 Å². The maximum atomic E-state index is 8.39. The molecule has 4 N–H and O–H groups in total. The largest absolute Gasteiger partial charge is 0.396 e. The van der Waals surface area contributed by atoms with E-state index in [1.165, 1.54) is 0 Å². The summed E-state index contributed by atoms with van der Waals surface area (Å²) < 4.78 is 0. The number of unbranched alkanes of at least 4 members (excludes halogenated alkanes) is 12. The van der Waals surface area contributed by atoms with Crippen molar-refractivity contribution < 1.29 is 42.1 Å². The first-order valence-corrected chi connectivity index (χ1v) is 14.1. The average molecular weight is 621 g/mol. The second-order valence-electron chi connectivity index (χ2n) is 8.37. The summed E-state index contributed by atoms with van der Waals surface area (Å²) in [5, 5.41) is 47.1. The molecule has 0 aromatic heterocycles. The molecule has 236 valence electrons. The zero-order valence-electron chi connectivity index (χ0n) is 24.6. The van der Waals surface area contributed by atoms with E-state index in [0.717, 1.165) is 103 Å². The fraction of sp³-hybridized carbons (Fsp3) is 1.00. The van der Waals surface area contributed by atoms with Crippen LogP contribution in [0.1, 0.15) is 103 Å². The molecule has 0 amide bonds. The number of hydrogen-bond acceptors (Lipinski definition) is 8. The van der Waals surface area contributed by atoms with Gasteiger partial charge in [-0.25, -0.2) is 0 Å². The Morgan fingerprint density at radius 1 is 0.317 bits per heavy atom. The molecular weight excluding hydrogens is 568 g/mol. The molecule has 0 spiro atoms. The number of hydrogen-bond donors (Lipinski definition) is 4. The van der Waals surface area contributed by atoms with Gasteiger partial charge in [0, 0.05) is 94.0 Å². The number of aliphatic hydroxyl groups is 4. The predicted molar refractivity (Wildman–Crippen MR) is 158 cm³/mol. The van der Waals surface area contributed by atoms with Crippen molar-refractivity contribution in [1.82, 2.24) is 0 Å². The Bertz CT molecular complexity index is 557. The first-order valence-electron chi connectivity index (χ1n) is 14.1. The normalized spacial score (nSPS) is 8.68. The Balaban J connectivity index is -0.000000139. The van der Waals surface area contributed by atoms with Gasteiger partial charge in [0.2, 0.25) is 0 Å². The Morgan fingerprint density at radius 3 is 0.634 bits per heavy atom. The molecule has 0 aliphatic heterocycles. The van der Waals surface area contributed by atoms with Crippen LogP contribution in [0.15, 0.2) is 20.5 Å². The van der Waals surface area contributed by atoms with Crippen molar-refractivity contribution in [3.8, 4) is 0 Å². The summed E-state index contributed by atoms with van der Waals surface area (Å²) in [6.45, 7) is 3.40. The summed E-state index contributed by atoms with van der Waals surface area (Å²) in [6.07, 6.45) is 15.4. The van der Waals surface area contributed by atoms with Gasteiger partial charge in [-0.15, -0.1) is 0 Å². The van der Waals surface area contributed by atoms with Crippen molar-refractivity contribution in [2.24, 2.45) is 20.5 Å². The summed E-state index contributed by atoms with van der Waals surface area (Å²) in [4.78, 5) is 10.5. The smallest absolute Gasteiger partial charge is 0.0431 e. The fourth-order valence-electron chi connectivity index (χ4n) is 2.77. The summed E-state index contributed by atoms with van der Waals surface area (Å²) in [5.74, 6) is 0. The van der Waals surface area contributed by atoms with Crippen LogP contribution in [0.3, 0.4) is 0 Å². The summed E-state index contributed by atoms with van der Waals surface area (Å²) in [6, 6.07) is 0. The standard InChI is InChI=1S/4C6H13N3O.Ti/c4*7-9-8-5-3-1-2-4-6-10;/h4*10H,1-6H2;. The quantitative estimate of drug-likeness (QED) is 0.0282. The van der Waals surface area contributed by atoms with E-state index in [1.54, 1.807) is 0 Å². The van der Waals surface area contributed by atoms with Crippen LogP contribution in [0.4, 0.5) is 0 Å². The number of rotatable bonds is 24. The Kier molecular flexibility index (Phi) is 68.2. The first kappa shape index (κ1) is 48.5. The van der Waals surface area contributed by atoms with E-state index in [0.29, 0.717) is 26.2 Å². The van der Waals surface area contributed by atoms with Gasteiger partial charge in [-0.05, 0) is 73.5 Å². The zero-order chi connectivity index (χ0) is 30.6. The molecule has 0 fully saturated rings. The number of aliphatic hydroxyl groups excluding tert-OH is 4. The second kappa shape index (κ2) is 57.6. The van der Waals surface area contributed by atoms with Crippen LogP contribution in [0.5, 0.6) is 0 Å². The van der Waals surface area contributed by atoms with E-state index in [2.05, 4.69) is 40.1 Å². The third-order valence-corrected chi connectivity index (χ3v) is 4.92. The molecule has 0 heterocycles. The fourth-order valence-corrected chi connectivity index (χ4v) is 2.77. The minimum Gasteiger partial charge on any atom is -0.396 e. The van der Waals surface area contributed by atoms with E-state index in [9.17, 15) is 0 Å². The van der Waals surface area contributed by atoms with Gasteiger partial charge in [0.15, 0.2) is 0 Å². The van der Waals surface area contributed by atoms with Gasteiger partial charge in [0.1, 0.15) is 0 Å². The number of azide groups is 4. The molecule has 0 aliphatic rings. The molecule has 0 saturated carbocycles. The van der Waals surface area contributed by atoms with E-state index in [4.69, 9.17) is 42.6 Å².